The molecule has 4 heterocycles. The van der Waals surface area contributed by atoms with Crippen molar-refractivity contribution in [1.29, 1.82) is 0 Å². The van der Waals surface area contributed by atoms with E-state index < -0.39 is 0 Å². The van der Waals surface area contributed by atoms with Gasteiger partial charge in [0.15, 0.2) is 0 Å². The smallest absolute Gasteiger partial charge is 0.263 e. The predicted octanol–water partition coefficient (Wildman–Crippen LogP) is 3.62. The highest BCUT2D eigenvalue weighted by Crippen LogP contribution is 2.33. The fourth-order valence-corrected chi connectivity index (χ4v) is 4.77. The highest BCUT2D eigenvalue weighted by atomic mass is 32.1. The summed E-state index contributed by atoms with van der Waals surface area (Å²) in [4.78, 5) is 20.1. The Hall–Kier alpha value is -1.66. The summed E-state index contributed by atoms with van der Waals surface area (Å²) >= 11 is 1.53. The third-order valence-electron chi connectivity index (χ3n) is 5.45. The van der Waals surface area contributed by atoms with E-state index in [1.807, 2.05) is 28.6 Å². The minimum atomic E-state index is 0.181. The van der Waals surface area contributed by atoms with E-state index >= 15 is 0 Å². The van der Waals surface area contributed by atoms with E-state index in [0.29, 0.717) is 12.0 Å². The summed E-state index contributed by atoms with van der Waals surface area (Å²) in [6, 6.07) is 4.31. The average molecular weight is 359 g/mol. The maximum absolute atomic E-state index is 12.5. The number of hydrogen-bond donors (Lipinski definition) is 0. The van der Waals surface area contributed by atoms with Gasteiger partial charge in [-0.1, -0.05) is 6.07 Å². The van der Waals surface area contributed by atoms with Crippen molar-refractivity contribution in [1.82, 2.24) is 14.5 Å². The number of imidazole rings is 1. The van der Waals surface area contributed by atoms with Crippen LogP contribution in [0.2, 0.25) is 0 Å². The van der Waals surface area contributed by atoms with Crippen LogP contribution in [-0.2, 0) is 4.74 Å². The summed E-state index contributed by atoms with van der Waals surface area (Å²) in [5, 5.41) is 1.97. The van der Waals surface area contributed by atoms with Crippen molar-refractivity contribution < 1.29 is 9.53 Å². The Labute approximate surface area is 152 Å². The number of carbonyl (C=O) groups excluding carboxylic acids is 1. The normalized spacial score (nSPS) is 20.1. The number of aromatic nitrogens is 2. The molecule has 5 nitrogen and oxygen atoms in total. The zero-order chi connectivity index (χ0) is 17.2. The SMILES string of the molecule is Cc1cnc(C2CCOCC2)n1C1CCN(C(=O)c2cccs2)CC1. The molecule has 2 aliphatic heterocycles. The van der Waals surface area contributed by atoms with Crippen LogP contribution in [0.15, 0.2) is 23.7 Å². The van der Waals surface area contributed by atoms with Crippen LogP contribution in [0.3, 0.4) is 0 Å². The number of likely N-dealkylation sites (tertiary alicyclic amines) is 1. The number of aryl methyl sites for hydroxylation is 1. The highest BCUT2D eigenvalue weighted by molar-refractivity contribution is 7.12. The first kappa shape index (κ1) is 16.8. The Morgan fingerprint density at radius 1 is 1.24 bits per heavy atom. The lowest BCUT2D eigenvalue weighted by atomic mass is 9.97. The van der Waals surface area contributed by atoms with Crippen molar-refractivity contribution >= 4 is 17.2 Å². The summed E-state index contributed by atoms with van der Waals surface area (Å²) in [6.07, 6.45) is 6.14. The zero-order valence-corrected chi connectivity index (χ0v) is 15.5. The molecule has 25 heavy (non-hydrogen) atoms. The fraction of sp³-hybridized carbons (Fsp3) is 0.579. The number of carbonyl (C=O) groups is 1. The van der Waals surface area contributed by atoms with Crippen LogP contribution in [0, 0.1) is 6.92 Å². The number of piperidine rings is 1. The van der Waals surface area contributed by atoms with E-state index in [-0.39, 0.29) is 5.91 Å². The molecule has 1 amide bonds. The number of thiophene rings is 1. The molecule has 0 saturated carbocycles. The van der Waals surface area contributed by atoms with Crippen molar-refractivity contribution in [3.05, 3.63) is 40.1 Å². The van der Waals surface area contributed by atoms with Crippen molar-refractivity contribution in [2.45, 2.75) is 44.6 Å². The lowest BCUT2D eigenvalue weighted by molar-refractivity contribution is 0.0687. The van der Waals surface area contributed by atoms with Crippen LogP contribution in [0.5, 0.6) is 0 Å². The molecule has 4 rings (SSSR count). The number of ether oxygens (including phenoxy) is 1. The molecule has 2 aliphatic rings. The minimum absolute atomic E-state index is 0.181. The van der Waals surface area contributed by atoms with E-state index in [0.717, 1.165) is 56.9 Å². The largest absolute Gasteiger partial charge is 0.381 e. The van der Waals surface area contributed by atoms with Crippen LogP contribution in [0.1, 0.15) is 58.8 Å². The molecule has 2 fully saturated rings. The average Bonchev–Trinajstić information content (AvgIpc) is 3.32. The minimum Gasteiger partial charge on any atom is -0.381 e. The molecule has 2 saturated heterocycles. The molecular formula is C19H25N3O2S. The van der Waals surface area contributed by atoms with Crippen LogP contribution >= 0.6 is 11.3 Å². The molecule has 0 unspecified atom stereocenters. The molecule has 0 spiro atoms. The topological polar surface area (TPSA) is 47.4 Å². The molecule has 2 aromatic rings. The third-order valence-corrected chi connectivity index (χ3v) is 6.30. The van der Waals surface area contributed by atoms with Gasteiger partial charge in [-0.05, 0) is 44.1 Å². The quantitative estimate of drug-likeness (QED) is 0.841. The first-order valence-electron chi connectivity index (χ1n) is 9.18. The summed E-state index contributed by atoms with van der Waals surface area (Å²) < 4.78 is 7.96. The van der Waals surface area contributed by atoms with E-state index in [1.54, 1.807) is 0 Å². The molecule has 0 aliphatic carbocycles. The first-order chi connectivity index (χ1) is 12.2. The van der Waals surface area contributed by atoms with E-state index in [4.69, 9.17) is 9.72 Å². The second kappa shape index (κ2) is 7.30. The molecule has 0 N–H and O–H groups in total. The maximum atomic E-state index is 12.5. The van der Waals surface area contributed by atoms with Crippen molar-refractivity contribution in [2.24, 2.45) is 0 Å². The number of hydrogen-bond acceptors (Lipinski definition) is 4. The Balaban J connectivity index is 1.46. The lowest BCUT2D eigenvalue weighted by Gasteiger charge is -2.35. The van der Waals surface area contributed by atoms with Crippen LogP contribution < -0.4 is 0 Å². The maximum Gasteiger partial charge on any atom is 0.263 e. The van der Waals surface area contributed by atoms with Crippen molar-refractivity contribution in [3.8, 4) is 0 Å². The lowest BCUT2D eigenvalue weighted by Crippen LogP contribution is -2.39. The molecule has 2 aromatic heterocycles. The van der Waals surface area contributed by atoms with Gasteiger partial charge < -0.3 is 14.2 Å². The van der Waals surface area contributed by atoms with Crippen LogP contribution in [-0.4, -0.2) is 46.7 Å². The Bertz CT molecular complexity index is 711. The standard InChI is InChI=1S/C19H25N3O2S/c1-14-13-20-18(15-6-10-24-11-7-15)22(14)16-4-8-21(9-5-16)19(23)17-3-2-12-25-17/h2-3,12-13,15-16H,4-11H2,1H3. The van der Waals surface area contributed by atoms with Gasteiger partial charge in [0.2, 0.25) is 0 Å². The predicted molar refractivity (Wildman–Crippen MR) is 98.3 cm³/mol. The van der Waals surface area contributed by atoms with Gasteiger partial charge in [-0.15, -0.1) is 11.3 Å². The fourth-order valence-electron chi connectivity index (χ4n) is 4.08. The van der Waals surface area contributed by atoms with Crippen LogP contribution in [0.4, 0.5) is 0 Å². The van der Waals surface area contributed by atoms with Gasteiger partial charge >= 0.3 is 0 Å². The molecule has 0 radical (unpaired) electrons. The van der Waals surface area contributed by atoms with Gasteiger partial charge in [-0.2, -0.15) is 0 Å². The molecule has 0 atom stereocenters. The summed E-state index contributed by atoms with van der Waals surface area (Å²) in [5.74, 6) is 1.91. The van der Waals surface area contributed by atoms with Gasteiger partial charge in [0.25, 0.3) is 5.91 Å². The number of nitrogens with zero attached hydrogens (tertiary/aromatic N) is 3. The third kappa shape index (κ3) is 3.37. The summed E-state index contributed by atoms with van der Waals surface area (Å²) in [5.41, 5.74) is 1.24. The molecule has 134 valence electrons. The van der Waals surface area contributed by atoms with E-state index in [1.165, 1.54) is 22.9 Å². The molecule has 6 heteroatoms. The van der Waals surface area contributed by atoms with Crippen LogP contribution in [0.25, 0.3) is 0 Å². The summed E-state index contributed by atoms with van der Waals surface area (Å²) in [6.45, 7) is 5.48. The molecular weight excluding hydrogens is 334 g/mol. The van der Waals surface area contributed by atoms with E-state index in [2.05, 4.69) is 11.5 Å². The Morgan fingerprint density at radius 2 is 2.00 bits per heavy atom. The second-order valence-corrected chi connectivity index (χ2v) is 7.96. The molecule has 0 bridgehead atoms. The monoisotopic (exact) mass is 359 g/mol. The van der Waals surface area contributed by atoms with Gasteiger partial charge in [0.05, 0.1) is 4.88 Å². The van der Waals surface area contributed by atoms with Gasteiger partial charge in [0, 0.05) is 50.2 Å². The highest BCUT2D eigenvalue weighted by Gasteiger charge is 2.29. The van der Waals surface area contributed by atoms with Crippen molar-refractivity contribution in [3.63, 3.8) is 0 Å². The summed E-state index contributed by atoms with van der Waals surface area (Å²) in [7, 11) is 0. The zero-order valence-electron chi connectivity index (χ0n) is 14.7. The van der Waals surface area contributed by atoms with Crippen molar-refractivity contribution in [2.75, 3.05) is 26.3 Å². The Morgan fingerprint density at radius 3 is 2.68 bits per heavy atom. The number of rotatable bonds is 3. The second-order valence-electron chi connectivity index (χ2n) is 7.02. The van der Waals surface area contributed by atoms with Gasteiger partial charge in [-0.3, -0.25) is 4.79 Å². The van der Waals surface area contributed by atoms with E-state index in [9.17, 15) is 4.79 Å². The van der Waals surface area contributed by atoms with Gasteiger partial charge in [0.1, 0.15) is 5.82 Å². The van der Waals surface area contributed by atoms with Gasteiger partial charge in [-0.25, -0.2) is 4.98 Å². The number of amides is 1. The Kier molecular flexibility index (Phi) is 4.90. The molecule has 0 aromatic carbocycles. The first-order valence-corrected chi connectivity index (χ1v) is 10.1.